The predicted octanol–water partition coefficient (Wildman–Crippen LogP) is 4.91. The van der Waals surface area contributed by atoms with Crippen LogP contribution in [0.15, 0.2) is 36.5 Å². The van der Waals surface area contributed by atoms with Gasteiger partial charge in [-0.1, -0.05) is 45.4 Å². The standard InChI is InChI=1S/C19H21FN2.C2H6/c1-2-12-10-14-6-8-19(14)18(12)22(19)9-7-13-11-21-16-5-3-4-15(20)17(13)16;1-2/h3-6,8,11-12,14,18,21H,2,7,9-10H2,1H3;1-2H3. The highest BCUT2D eigenvalue weighted by Gasteiger charge is 2.73. The van der Waals surface area contributed by atoms with Gasteiger partial charge in [0.15, 0.2) is 0 Å². The number of H-pyrrole nitrogens is 1. The average molecular weight is 326 g/mol. The SMILES string of the molecule is CC.CCC1CC2C=CC23C1N3CCc1c[nH]c2cccc(F)c12. The van der Waals surface area contributed by atoms with E-state index in [0.29, 0.717) is 5.54 Å². The van der Waals surface area contributed by atoms with Crippen molar-refractivity contribution in [2.75, 3.05) is 6.54 Å². The van der Waals surface area contributed by atoms with Gasteiger partial charge >= 0.3 is 0 Å². The first-order chi connectivity index (χ1) is 11.8. The summed E-state index contributed by atoms with van der Waals surface area (Å²) in [5.41, 5.74) is 2.42. The van der Waals surface area contributed by atoms with Crippen LogP contribution in [0.4, 0.5) is 4.39 Å². The van der Waals surface area contributed by atoms with E-state index in [4.69, 9.17) is 0 Å². The number of nitrogens with one attached hydrogen (secondary N) is 1. The van der Waals surface area contributed by atoms with Crippen molar-refractivity contribution in [3.8, 4) is 0 Å². The van der Waals surface area contributed by atoms with Gasteiger partial charge in [0.25, 0.3) is 0 Å². The van der Waals surface area contributed by atoms with Gasteiger partial charge < -0.3 is 4.98 Å². The molecule has 2 aromatic rings. The molecule has 0 amide bonds. The minimum Gasteiger partial charge on any atom is -0.361 e. The summed E-state index contributed by atoms with van der Waals surface area (Å²) in [5.74, 6) is 1.52. The van der Waals surface area contributed by atoms with E-state index in [9.17, 15) is 4.39 Å². The molecule has 128 valence electrons. The van der Waals surface area contributed by atoms with Gasteiger partial charge in [-0.05, 0) is 36.5 Å². The molecule has 0 radical (unpaired) electrons. The topological polar surface area (TPSA) is 18.8 Å². The summed E-state index contributed by atoms with van der Waals surface area (Å²) in [5, 5.41) is 0.778. The second-order valence-corrected chi connectivity index (χ2v) is 7.12. The second kappa shape index (κ2) is 5.73. The van der Waals surface area contributed by atoms with Gasteiger partial charge in [-0.25, -0.2) is 4.39 Å². The molecular formula is C21H27FN2. The predicted molar refractivity (Wildman–Crippen MR) is 97.6 cm³/mol. The third-order valence-electron chi connectivity index (χ3n) is 6.32. The Bertz CT molecular complexity index is 777. The fourth-order valence-electron chi connectivity index (χ4n) is 5.18. The molecule has 1 spiro atoms. The molecule has 24 heavy (non-hydrogen) atoms. The van der Waals surface area contributed by atoms with E-state index in [-0.39, 0.29) is 5.82 Å². The van der Waals surface area contributed by atoms with E-state index in [0.717, 1.165) is 47.3 Å². The Labute approximate surface area is 143 Å². The summed E-state index contributed by atoms with van der Waals surface area (Å²) >= 11 is 0. The quantitative estimate of drug-likeness (QED) is 0.624. The molecule has 0 bridgehead atoms. The summed E-state index contributed by atoms with van der Waals surface area (Å²) in [6.07, 6.45) is 10.4. The monoisotopic (exact) mass is 326 g/mol. The zero-order valence-electron chi connectivity index (χ0n) is 14.8. The van der Waals surface area contributed by atoms with Crippen LogP contribution in [-0.2, 0) is 6.42 Å². The number of fused-ring (bicyclic) bond motifs is 1. The van der Waals surface area contributed by atoms with E-state index in [1.54, 1.807) is 12.1 Å². The third kappa shape index (κ3) is 1.97. The van der Waals surface area contributed by atoms with E-state index >= 15 is 0 Å². The second-order valence-electron chi connectivity index (χ2n) is 7.12. The average Bonchev–Trinajstić information content (AvgIpc) is 3.00. The van der Waals surface area contributed by atoms with Crippen molar-refractivity contribution in [2.24, 2.45) is 11.8 Å². The normalized spacial score (nSPS) is 35.0. The van der Waals surface area contributed by atoms with Gasteiger partial charge in [-0.3, -0.25) is 4.90 Å². The Morgan fingerprint density at radius 1 is 1.33 bits per heavy atom. The zero-order chi connectivity index (χ0) is 16.9. The van der Waals surface area contributed by atoms with Crippen molar-refractivity contribution in [1.29, 1.82) is 0 Å². The van der Waals surface area contributed by atoms with Crippen LogP contribution in [-0.4, -0.2) is 28.0 Å². The first-order valence-electron chi connectivity index (χ1n) is 9.46. The van der Waals surface area contributed by atoms with Crippen molar-refractivity contribution in [1.82, 2.24) is 9.88 Å². The molecule has 5 atom stereocenters. The Morgan fingerprint density at radius 2 is 2.17 bits per heavy atom. The molecule has 5 unspecified atom stereocenters. The van der Waals surface area contributed by atoms with Crippen molar-refractivity contribution >= 4 is 10.9 Å². The highest BCUT2D eigenvalue weighted by atomic mass is 19.1. The van der Waals surface area contributed by atoms with Crippen LogP contribution in [0.2, 0.25) is 0 Å². The lowest BCUT2D eigenvalue weighted by Gasteiger charge is -2.29. The van der Waals surface area contributed by atoms with Crippen LogP contribution >= 0.6 is 0 Å². The van der Waals surface area contributed by atoms with Crippen LogP contribution in [0, 0.1) is 17.7 Å². The number of likely N-dealkylation sites (tertiary alicyclic amines) is 1. The smallest absolute Gasteiger partial charge is 0.132 e. The maximum Gasteiger partial charge on any atom is 0.132 e. The summed E-state index contributed by atoms with van der Waals surface area (Å²) in [6, 6.07) is 6.02. The summed E-state index contributed by atoms with van der Waals surface area (Å²) in [7, 11) is 0. The van der Waals surface area contributed by atoms with Gasteiger partial charge in [0.1, 0.15) is 5.82 Å². The molecule has 1 saturated carbocycles. The maximum atomic E-state index is 14.1. The van der Waals surface area contributed by atoms with Crippen molar-refractivity contribution < 1.29 is 4.39 Å². The number of nitrogens with zero attached hydrogens (tertiary/aromatic N) is 1. The molecule has 2 nitrogen and oxygen atoms in total. The molecule has 1 aromatic carbocycles. The summed E-state index contributed by atoms with van der Waals surface area (Å²) in [4.78, 5) is 5.86. The molecule has 1 aromatic heterocycles. The Hall–Kier alpha value is -1.61. The molecule has 1 aliphatic heterocycles. The van der Waals surface area contributed by atoms with Crippen LogP contribution in [0.5, 0.6) is 0 Å². The molecule has 2 heterocycles. The number of halogens is 1. The Balaban J connectivity index is 0.000000704. The van der Waals surface area contributed by atoms with E-state index in [2.05, 4.69) is 29.0 Å². The number of benzene rings is 1. The minimum absolute atomic E-state index is 0.106. The maximum absolute atomic E-state index is 14.1. The van der Waals surface area contributed by atoms with Crippen molar-refractivity contribution in [2.45, 2.75) is 51.6 Å². The lowest BCUT2D eigenvalue weighted by Crippen LogP contribution is -2.32. The van der Waals surface area contributed by atoms with Gasteiger partial charge in [-0.2, -0.15) is 0 Å². The fourth-order valence-corrected chi connectivity index (χ4v) is 5.18. The molecule has 3 heteroatoms. The van der Waals surface area contributed by atoms with Crippen LogP contribution in [0.25, 0.3) is 10.9 Å². The van der Waals surface area contributed by atoms with E-state index < -0.39 is 0 Å². The number of hydrogen-bond donors (Lipinski definition) is 1. The lowest BCUT2D eigenvalue weighted by molar-refractivity contribution is 0.282. The van der Waals surface area contributed by atoms with Crippen LogP contribution in [0.1, 0.15) is 39.2 Å². The molecule has 2 aliphatic carbocycles. The first-order valence-corrected chi connectivity index (χ1v) is 9.46. The number of hydrogen-bond acceptors (Lipinski definition) is 1. The highest BCUT2D eigenvalue weighted by Crippen LogP contribution is 2.65. The van der Waals surface area contributed by atoms with Gasteiger partial charge in [0, 0.05) is 35.6 Å². The van der Waals surface area contributed by atoms with Crippen molar-refractivity contribution in [3.63, 3.8) is 0 Å². The van der Waals surface area contributed by atoms with E-state index in [1.807, 2.05) is 26.1 Å². The number of rotatable bonds is 4. The Morgan fingerprint density at radius 3 is 2.88 bits per heavy atom. The van der Waals surface area contributed by atoms with Crippen molar-refractivity contribution in [3.05, 3.63) is 47.9 Å². The molecule has 1 saturated heterocycles. The number of aromatic amines is 1. The molecule has 2 fully saturated rings. The fraction of sp³-hybridized carbons (Fsp3) is 0.524. The molecule has 5 rings (SSSR count). The molecule has 3 aliphatic rings. The molecule has 1 N–H and O–H groups in total. The van der Waals surface area contributed by atoms with Gasteiger partial charge in [-0.15, -0.1) is 0 Å². The van der Waals surface area contributed by atoms with E-state index in [1.165, 1.54) is 12.8 Å². The third-order valence-corrected chi connectivity index (χ3v) is 6.32. The molecular weight excluding hydrogens is 299 g/mol. The number of piperidine rings is 1. The zero-order valence-corrected chi connectivity index (χ0v) is 14.8. The highest BCUT2D eigenvalue weighted by molar-refractivity contribution is 5.83. The van der Waals surface area contributed by atoms with Crippen LogP contribution in [0.3, 0.4) is 0 Å². The first kappa shape index (κ1) is 15.9. The van der Waals surface area contributed by atoms with Gasteiger partial charge in [0.05, 0.1) is 5.54 Å². The summed E-state index contributed by atoms with van der Waals surface area (Å²) < 4.78 is 14.1. The largest absolute Gasteiger partial charge is 0.361 e. The summed E-state index contributed by atoms with van der Waals surface area (Å²) in [6.45, 7) is 7.36. The minimum atomic E-state index is -0.106. The van der Waals surface area contributed by atoms with Gasteiger partial charge in [0.2, 0.25) is 0 Å². The number of aromatic nitrogens is 1. The van der Waals surface area contributed by atoms with Crippen LogP contribution < -0.4 is 0 Å². The lowest BCUT2D eigenvalue weighted by atomic mass is 9.83. The Kier molecular flexibility index (Phi) is 3.80.